The third kappa shape index (κ3) is 3.22. The Morgan fingerprint density at radius 3 is 2.74 bits per heavy atom. The number of aryl methyl sites for hydroxylation is 1. The molecular weight excluding hydrogens is 443 g/mol. The summed E-state index contributed by atoms with van der Waals surface area (Å²) in [4.78, 5) is 21.3. The Morgan fingerprint density at radius 2 is 2.06 bits per heavy atom. The number of halogens is 2. The molecule has 0 spiro atoms. The highest BCUT2D eigenvalue weighted by Crippen LogP contribution is 2.71. The molecule has 1 amide bonds. The number of aromatic nitrogens is 1. The summed E-state index contributed by atoms with van der Waals surface area (Å²) >= 11 is 5.90. The molecule has 2 aromatic rings. The number of carbonyl (C=O) groups excluding carboxylic acids is 1. The summed E-state index contributed by atoms with van der Waals surface area (Å²) in [6.45, 7) is 5.06. The van der Waals surface area contributed by atoms with E-state index < -0.39 is 37.9 Å². The van der Waals surface area contributed by atoms with Gasteiger partial charge >= 0.3 is 0 Å². The number of amidine groups is 1. The number of hydrogen-bond donors (Lipinski definition) is 4. The number of amides is 1. The highest BCUT2D eigenvalue weighted by atomic mass is 35.5. The van der Waals surface area contributed by atoms with Gasteiger partial charge < -0.3 is 11.1 Å². The topological polar surface area (TPSA) is 121 Å². The normalized spacial score (nSPS) is 29.9. The molecule has 1 saturated heterocycles. The number of nitrogens with two attached hydrogens (primary N) is 1. The average molecular weight is 467 g/mol. The van der Waals surface area contributed by atoms with Crippen LogP contribution in [0.4, 0.5) is 10.1 Å². The highest BCUT2D eigenvalue weighted by molar-refractivity contribution is 8.26. The molecule has 0 unspecified atom stereocenters. The first-order valence-electron chi connectivity index (χ1n) is 9.76. The lowest BCUT2D eigenvalue weighted by atomic mass is 9.86. The van der Waals surface area contributed by atoms with Crippen LogP contribution in [0.3, 0.4) is 0 Å². The maximum Gasteiger partial charge on any atom is 0.274 e. The Kier molecular flexibility index (Phi) is 5.09. The van der Waals surface area contributed by atoms with E-state index in [4.69, 9.17) is 17.3 Å². The van der Waals surface area contributed by atoms with E-state index in [1.165, 1.54) is 24.4 Å². The number of hydrogen-bond acceptors (Lipinski definition) is 6. The molecule has 1 fully saturated rings. The minimum Gasteiger partial charge on any atom is -0.386 e. The fraction of sp³-hybridized carbons (Fsp3) is 0.381. The molecule has 5 N–H and O–H groups in total. The van der Waals surface area contributed by atoms with E-state index in [1.54, 1.807) is 26.8 Å². The van der Waals surface area contributed by atoms with Gasteiger partial charge in [-0.05, 0) is 63.4 Å². The van der Waals surface area contributed by atoms with Crippen molar-refractivity contribution < 1.29 is 18.3 Å². The van der Waals surface area contributed by atoms with Crippen LogP contribution in [0.1, 0.15) is 48.3 Å². The SMILES string of the molecule is Cc1cc(Cl)cnc1C(=O)Nc1ccc(F)c([C@]2(C)N=C(N)[C@]3(C)CC[C@H]2S3(O)O)c1. The Morgan fingerprint density at radius 1 is 1.35 bits per heavy atom. The van der Waals surface area contributed by atoms with Crippen molar-refractivity contribution >= 4 is 39.6 Å². The molecule has 2 aliphatic heterocycles. The van der Waals surface area contributed by atoms with E-state index in [0.29, 0.717) is 29.1 Å². The van der Waals surface area contributed by atoms with Gasteiger partial charge in [-0.1, -0.05) is 11.6 Å². The van der Waals surface area contributed by atoms with Crippen molar-refractivity contribution in [3.63, 3.8) is 0 Å². The number of pyridine rings is 1. The van der Waals surface area contributed by atoms with Gasteiger partial charge in [0.05, 0.1) is 10.3 Å². The smallest absolute Gasteiger partial charge is 0.274 e. The van der Waals surface area contributed by atoms with Gasteiger partial charge in [0, 0.05) is 17.4 Å². The van der Waals surface area contributed by atoms with Crippen LogP contribution < -0.4 is 11.1 Å². The van der Waals surface area contributed by atoms with Gasteiger partial charge in [0.2, 0.25) is 0 Å². The Bertz CT molecular complexity index is 1130. The molecule has 3 atom stereocenters. The van der Waals surface area contributed by atoms with Gasteiger partial charge in [0.15, 0.2) is 0 Å². The summed E-state index contributed by atoms with van der Waals surface area (Å²) in [6.07, 6.45) is 2.29. The number of rotatable bonds is 3. The molecule has 0 aliphatic carbocycles. The summed E-state index contributed by atoms with van der Waals surface area (Å²) in [5.41, 5.74) is 6.14. The quantitative estimate of drug-likeness (QED) is 0.522. The van der Waals surface area contributed by atoms with Crippen molar-refractivity contribution in [2.24, 2.45) is 10.7 Å². The summed E-state index contributed by atoms with van der Waals surface area (Å²) in [5, 5.41) is 2.45. The van der Waals surface area contributed by atoms with Crippen LogP contribution in [-0.2, 0) is 5.54 Å². The fourth-order valence-corrected chi connectivity index (χ4v) is 7.43. The molecule has 3 heterocycles. The van der Waals surface area contributed by atoms with Crippen molar-refractivity contribution in [3.8, 4) is 0 Å². The molecule has 10 heteroatoms. The molecule has 4 rings (SSSR count). The number of anilines is 1. The van der Waals surface area contributed by atoms with Crippen molar-refractivity contribution in [3.05, 3.63) is 58.1 Å². The Hall–Kier alpha value is -2.20. The summed E-state index contributed by atoms with van der Waals surface area (Å²) in [7, 11) is -3.17. The highest BCUT2D eigenvalue weighted by Gasteiger charge is 2.62. The zero-order valence-corrected chi connectivity index (χ0v) is 18.9. The van der Waals surface area contributed by atoms with Gasteiger partial charge in [-0.15, -0.1) is 0 Å². The number of benzene rings is 1. The predicted octanol–water partition coefficient (Wildman–Crippen LogP) is 4.69. The van der Waals surface area contributed by atoms with Crippen molar-refractivity contribution in [2.75, 3.05) is 5.32 Å². The molecule has 2 bridgehead atoms. The molecule has 2 aliphatic rings. The number of carbonyl (C=O) groups is 1. The Labute approximate surface area is 186 Å². The Balaban J connectivity index is 1.73. The first-order valence-corrected chi connectivity index (χ1v) is 11.7. The van der Waals surface area contributed by atoms with Crippen LogP contribution in [0, 0.1) is 12.7 Å². The average Bonchev–Trinajstić information content (AvgIpc) is 2.86. The summed E-state index contributed by atoms with van der Waals surface area (Å²) in [6, 6.07) is 5.74. The number of nitrogens with zero attached hydrogens (tertiary/aromatic N) is 2. The molecule has 1 aromatic heterocycles. The van der Waals surface area contributed by atoms with Crippen LogP contribution in [-0.4, -0.2) is 35.8 Å². The minimum atomic E-state index is -3.17. The van der Waals surface area contributed by atoms with E-state index in [2.05, 4.69) is 15.3 Å². The third-order valence-electron chi connectivity index (χ3n) is 6.49. The second kappa shape index (κ2) is 7.16. The second-order valence-corrected chi connectivity index (χ2v) is 11.6. The second-order valence-electron chi connectivity index (χ2n) is 8.46. The van der Waals surface area contributed by atoms with Gasteiger partial charge in [-0.2, -0.15) is 10.6 Å². The molecule has 166 valence electrons. The van der Waals surface area contributed by atoms with Crippen LogP contribution in [0.2, 0.25) is 5.02 Å². The number of nitrogens with one attached hydrogen (secondary N) is 1. The van der Waals surface area contributed by atoms with Crippen LogP contribution in [0.15, 0.2) is 35.5 Å². The van der Waals surface area contributed by atoms with Gasteiger partial charge in [0.1, 0.15) is 27.6 Å². The number of fused-ring (bicyclic) bond motifs is 2. The predicted molar refractivity (Wildman–Crippen MR) is 122 cm³/mol. The molecule has 0 saturated carbocycles. The monoisotopic (exact) mass is 466 g/mol. The molecule has 1 aromatic carbocycles. The van der Waals surface area contributed by atoms with E-state index in [1.807, 2.05) is 0 Å². The van der Waals surface area contributed by atoms with E-state index in [0.717, 1.165) is 0 Å². The minimum absolute atomic E-state index is 0.110. The van der Waals surface area contributed by atoms with Gasteiger partial charge in [0.25, 0.3) is 5.91 Å². The van der Waals surface area contributed by atoms with E-state index in [9.17, 15) is 18.3 Å². The van der Waals surface area contributed by atoms with E-state index in [-0.39, 0.29) is 17.1 Å². The molecule has 0 radical (unpaired) electrons. The largest absolute Gasteiger partial charge is 0.386 e. The zero-order chi connectivity index (χ0) is 22.8. The fourth-order valence-electron chi connectivity index (χ4n) is 4.55. The number of aliphatic imine (C=N–C) groups is 1. The molecular formula is C21H24ClFN4O3S. The lowest BCUT2D eigenvalue weighted by Gasteiger charge is -2.54. The van der Waals surface area contributed by atoms with Gasteiger partial charge in [-0.3, -0.25) is 18.9 Å². The summed E-state index contributed by atoms with van der Waals surface area (Å²) < 4.78 is 35.9. The lowest BCUT2D eigenvalue weighted by Crippen LogP contribution is -2.53. The van der Waals surface area contributed by atoms with Crippen LogP contribution in [0.5, 0.6) is 0 Å². The van der Waals surface area contributed by atoms with Crippen LogP contribution >= 0.6 is 22.2 Å². The molecule has 31 heavy (non-hydrogen) atoms. The van der Waals surface area contributed by atoms with Crippen LogP contribution in [0.25, 0.3) is 0 Å². The standard InChI is InChI=1S/C21H24ClFN4O3S/c1-11-8-12(22)10-25-17(11)18(28)26-13-4-5-15(23)14(9-13)21(3)16-6-7-20(2,19(24)27-21)31(16,29)30/h4-5,8-10,16,29-30H,6-7H2,1-3H3,(H2,24,27)(H,26,28)/t16-,20+,21+/m1/s1. The maximum atomic E-state index is 15.0. The lowest BCUT2D eigenvalue weighted by molar-refractivity contribution is 0.102. The van der Waals surface area contributed by atoms with E-state index >= 15 is 0 Å². The van der Waals surface area contributed by atoms with Crippen molar-refractivity contribution in [1.82, 2.24) is 4.98 Å². The van der Waals surface area contributed by atoms with Gasteiger partial charge in [-0.25, -0.2) is 9.37 Å². The summed E-state index contributed by atoms with van der Waals surface area (Å²) in [5.74, 6) is -0.927. The zero-order valence-electron chi connectivity index (χ0n) is 17.3. The maximum absolute atomic E-state index is 15.0. The van der Waals surface area contributed by atoms with Crippen molar-refractivity contribution in [2.45, 2.75) is 49.1 Å². The first-order chi connectivity index (χ1) is 14.4. The molecule has 7 nitrogen and oxygen atoms in total. The van der Waals surface area contributed by atoms with Crippen molar-refractivity contribution in [1.29, 1.82) is 0 Å². The first kappa shape index (κ1) is 22.0. The third-order valence-corrected chi connectivity index (χ3v) is 9.93.